The third-order valence-electron chi connectivity index (χ3n) is 3.13. The molecular formula is C14H14BrFN2O. The number of rotatable bonds is 2. The predicted octanol–water partition coefficient (Wildman–Crippen LogP) is 1.98. The molecular weight excluding hydrogens is 311 g/mol. The van der Waals surface area contributed by atoms with E-state index in [4.69, 9.17) is 6.42 Å². The summed E-state index contributed by atoms with van der Waals surface area (Å²) in [5.41, 5.74) is 0.111. The Morgan fingerprint density at radius 2 is 2.05 bits per heavy atom. The van der Waals surface area contributed by atoms with Crippen LogP contribution in [-0.4, -0.2) is 48.4 Å². The molecule has 0 bridgehead atoms. The van der Waals surface area contributed by atoms with Gasteiger partial charge in [0.15, 0.2) is 0 Å². The molecule has 1 aromatic rings. The number of carbonyl (C=O) groups excluding carboxylic acids is 1. The zero-order chi connectivity index (χ0) is 13.8. The maximum atomic E-state index is 13.7. The Morgan fingerprint density at radius 3 is 2.68 bits per heavy atom. The minimum Gasteiger partial charge on any atom is -0.336 e. The average Bonchev–Trinajstić information content (AvgIpc) is 2.42. The molecule has 0 aromatic heterocycles. The fraction of sp³-hybridized carbons (Fsp3) is 0.357. The van der Waals surface area contributed by atoms with Gasteiger partial charge in [0, 0.05) is 30.7 Å². The second-order valence-electron chi connectivity index (χ2n) is 4.40. The minimum atomic E-state index is -0.487. The van der Waals surface area contributed by atoms with Crippen LogP contribution in [0.5, 0.6) is 0 Å². The Balaban J connectivity index is 2.05. The van der Waals surface area contributed by atoms with Crippen LogP contribution in [0.3, 0.4) is 0 Å². The number of hydrogen-bond acceptors (Lipinski definition) is 2. The van der Waals surface area contributed by atoms with Crippen molar-refractivity contribution in [2.45, 2.75) is 0 Å². The minimum absolute atomic E-state index is 0.111. The van der Waals surface area contributed by atoms with E-state index >= 15 is 0 Å². The van der Waals surface area contributed by atoms with Crippen molar-refractivity contribution in [2.75, 3.05) is 32.7 Å². The Bertz CT molecular complexity index is 519. The molecule has 1 aromatic carbocycles. The second kappa shape index (κ2) is 6.18. The first-order chi connectivity index (χ1) is 9.11. The van der Waals surface area contributed by atoms with Crippen molar-refractivity contribution in [2.24, 2.45) is 0 Å². The Morgan fingerprint density at radius 1 is 1.37 bits per heavy atom. The van der Waals surface area contributed by atoms with Crippen molar-refractivity contribution in [3.63, 3.8) is 0 Å². The molecule has 0 radical (unpaired) electrons. The molecule has 5 heteroatoms. The lowest BCUT2D eigenvalue weighted by Crippen LogP contribution is -2.48. The van der Waals surface area contributed by atoms with E-state index in [1.54, 1.807) is 11.0 Å². The van der Waals surface area contributed by atoms with Gasteiger partial charge in [-0.05, 0) is 18.2 Å². The lowest BCUT2D eigenvalue weighted by Gasteiger charge is -2.33. The summed E-state index contributed by atoms with van der Waals surface area (Å²) in [4.78, 5) is 16.0. The summed E-state index contributed by atoms with van der Waals surface area (Å²) >= 11 is 3.25. The lowest BCUT2D eigenvalue weighted by atomic mass is 10.1. The predicted molar refractivity (Wildman–Crippen MR) is 75.3 cm³/mol. The van der Waals surface area contributed by atoms with Gasteiger partial charge in [-0.3, -0.25) is 9.69 Å². The van der Waals surface area contributed by atoms with Crippen molar-refractivity contribution < 1.29 is 9.18 Å². The van der Waals surface area contributed by atoms with Gasteiger partial charge in [-0.15, -0.1) is 6.42 Å². The van der Waals surface area contributed by atoms with Gasteiger partial charge in [0.1, 0.15) is 5.82 Å². The molecule has 1 fully saturated rings. The van der Waals surface area contributed by atoms with E-state index in [0.29, 0.717) is 24.1 Å². The lowest BCUT2D eigenvalue weighted by molar-refractivity contribution is 0.0647. The molecule has 2 rings (SSSR count). The summed E-state index contributed by atoms with van der Waals surface area (Å²) < 4.78 is 14.4. The fourth-order valence-electron chi connectivity index (χ4n) is 2.07. The van der Waals surface area contributed by atoms with E-state index in [1.165, 1.54) is 12.1 Å². The van der Waals surface area contributed by atoms with Gasteiger partial charge in [-0.1, -0.05) is 21.9 Å². The smallest absolute Gasteiger partial charge is 0.256 e. The van der Waals surface area contributed by atoms with Crippen LogP contribution >= 0.6 is 15.9 Å². The van der Waals surface area contributed by atoms with Crippen LogP contribution < -0.4 is 0 Å². The van der Waals surface area contributed by atoms with E-state index in [-0.39, 0.29) is 11.5 Å². The summed E-state index contributed by atoms with van der Waals surface area (Å²) in [6, 6.07) is 4.40. The van der Waals surface area contributed by atoms with Gasteiger partial charge in [0.25, 0.3) is 5.91 Å². The zero-order valence-corrected chi connectivity index (χ0v) is 12.0. The van der Waals surface area contributed by atoms with Gasteiger partial charge in [-0.2, -0.15) is 0 Å². The normalized spacial score (nSPS) is 16.2. The number of carbonyl (C=O) groups is 1. The average molecular weight is 325 g/mol. The van der Waals surface area contributed by atoms with Crippen LogP contribution in [0.15, 0.2) is 22.7 Å². The molecule has 1 amide bonds. The number of hydrogen-bond donors (Lipinski definition) is 0. The fourth-order valence-corrected chi connectivity index (χ4v) is 2.43. The third kappa shape index (κ3) is 3.34. The summed E-state index contributed by atoms with van der Waals surface area (Å²) in [7, 11) is 0. The molecule has 100 valence electrons. The van der Waals surface area contributed by atoms with Crippen molar-refractivity contribution in [3.05, 3.63) is 34.1 Å². The maximum Gasteiger partial charge on any atom is 0.256 e. The first-order valence-corrected chi connectivity index (χ1v) is 6.81. The van der Waals surface area contributed by atoms with E-state index in [0.717, 1.165) is 13.1 Å². The zero-order valence-electron chi connectivity index (χ0n) is 10.4. The second-order valence-corrected chi connectivity index (χ2v) is 5.31. The SMILES string of the molecule is C#CCN1CCN(C(=O)c2cc(Br)ccc2F)CC1. The Kier molecular flexibility index (Phi) is 4.56. The van der Waals surface area contributed by atoms with Crippen LogP contribution in [0.2, 0.25) is 0 Å². The maximum absolute atomic E-state index is 13.7. The monoisotopic (exact) mass is 324 g/mol. The van der Waals surface area contributed by atoms with E-state index in [2.05, 4.69) is 26.8 Å². The molecule has 1 aliphatic heterocycles. The number of nitrogens with zero attached hydrogens (tertiary/aromatic N) is 2. The van der Waals surface area contributed by atoms with Crippen LogP contribution in [0, 0.1) is 18.2 Å². The van der Waals surface area contributed by atoms with Crippen molar-refractivity contribution in [3.8, 4) is 12.3 Å². The highest BCUT2D eigenvalue weighted by molar-refractivity contribution is 9.10. The Labute approximate surface area is 120 Å². The quantitative estimate of drug-likeness (QED) is 0.777. The largest absolute Gasteiger partial charge is 0.336 e. The third-order valence-corrected chi connectivity index (χ3v) is 3.63. The summed E-state index contributed by atoms with van der Waals surface area (Å²) in [5.74, 6) is 1.83. The molecule has 3 nitrogen and oxygen atoms in total. The Hall–Kier alpha value is -1.38. The van der Waals surface area contributed by atoms with E-state index in [9.17, 15) is 9.18 Å². The van der Waals surface area contributed by atoms with Crippen molar-refractivity contribution in [1.29, 1.82) is 0 Å². The van der Waals surface area contributed by atoms with Crippen LogP contribution in [-0.2, 0) is 0 Å². The summed E-state index contributed by atoms with van der Waals surface area (Å²) in [6.45, 7) is 3.20. The topological polar surface area (TPSA) is 23.6 Å². The van der Waals surface area contributed by atoms with Crippen LogP contribution in [0.4, 0.5) is 4.39 Å². The number of piperazine rings is 1. The summed E-state index contributed by atoms with van der Waals surface area (Å²) in [5, 5.41) is 0. The van der Waals surface area contributed by atoms with Gasteiger partial charge >= 0.3 is 0 Å². The number of terminal acetylenes is 1. The first kappa shape index (κ1) is 14.0. The summed E-state index contributed by atoms with van der Waals surface area (Å²) in [6.07, 6.45) is 5.25. The highest BCUT2D eigenvalue weighted by Gasteiger charge is 2.23. The van der Waals surface area contributed by atoms with E-state index in [1.807, 2.05) is 0 Å². The number of halogens is 2. The van der Waals surface area contributed by atoms with Gasteiger partial charge in [-0.25, -0.2) is 4.39 Å². The van der Waals surface area contributed by atoms with Crippen LogP contribution in [0.25, 0.3) is 0 Å². The molecule has 0 unspecified atom stereocenters. The van der Waals surface area contributed by atoms with Crippen LogP contribution in [0.1, 0.15) is 10.4 Å². The van der Waals surface area contributed by atoms with E-state index < -0.39 is 5.82 Å². The standard InChI is InChI=1S/C14H14BrFN2O/c1-2-5-17-6-8-18(9-7-17)14(19)12-10-11(15)3-4-13(12)16/h1,3-4,10H,5-9H2. The molecule has 1 aliphatic rings. The molecule has 0 N–H and O–H groups in total. The van der Waals surface area contributed by atoms with Crippen molar-refractivity contribution >= 4 is 21.8 Å². The van der Waals surface area contributed by atoms with Gasteiger partial charge in [0.05, 0.1) is 12.1 Å². The highest BCUT2D eigenvalue weighted by atomic mass is 79.9. The van der Waals surface area contributed by atoms with Gasteiger partial charge < -0.3 is 4.90 Å². The molecule has 1 heterocycles. The molecule has 0 spiro atoms. The van der Waals surface area contributed by atoms with Gasteiger partial charge in [0.2, 0.25) is 0 Å². The molecule has 19 heavy (non-hydrogen) atoms. The first-order valence-electron chi connectivity index (χ1n) is 6.02. The molecule has 1 saturated heterocycles. The highest BCUT2D eigenvalue weighted by Crippen LogP contribution is 2.18. The van der Waals surface area contributed by atoms with Crippen molar-refractivity contribution in [1.82, 2.24) is 9.80 Å². The molecule has 0 atom stereocenters. The molecule has 0 aliphatic carbocycles. The molecule has 0 saturated carbocycles. The number of amides is 1. The number of benzene rings is 1.